The quantitative estimate of drug-likeness (QED) is 0.275. The van der Waals surface area contributed by atoms with Gasteiger partial charge in [-0.3, -0.25) is 10.1 Å². The minimum absolute atomic E-state index is 0.959. The van der Waals surface area contributed by atoms with Gasteiger partial charge in [0.15, 0.2) is 0 Å². The Morgan fingerprint density at radius 1 is 0.793 bits per heavy atom. The van der Waals surface area contributed by atoms with Crippen molar-refractivity contribution < 1.29 is 0 Å². The van der Waals surface area contributed by atoms with Gasteiger partial charge in [0, 0.05) is 23.5 Å². The normalized spacial score (nSPS) is 11.7. The molecule has 0 fully saturated rings. The van der Waals surface area contributed by atoms with E-state index in [0.29, 0.717) is 0 Å². The molecule has 0 aliphatic rings. The summed E-state index contributed by atoms with van der Waals surface area (Å²) in [5.74, 6) is 0. The first-order valence-electron chi connectivity index (χ1n) is 9.76. The van der Waals surface area contributed by atoms with Gasteiger partial charge in [0.25, 0.3) is 0 Å². The van der Waals surface area contributed by atoms with E-state index in [1.54, 1.807) is 6.20 Å². The second kappa shape index (κ2) is 7.02. The minimum Gasteiger partial charge on any atom is -0.278 e. The third kappa shape index (κ3) is 3.11. The smallest absolute Gasteiger partial charge is 0.0655 e. The van der Waals surface area contributed by atoms with Gasteiger partial charge in [0.05, 0.1) is 11.4 Å². The molecule has 140 valence electrons. The molecule has 0 radical (unpaired) electrons. The molecule has 0 saturated carbocycles. The largest absolute Gasteiger partial charge is 0.278 e. The van der Waals surface area contributed by atoms with Gasteiger partial charge < -0.3 is 0 Å². The van der Waals surface area contributed by atoms with Crippen LogP contribution in [0.15, 0.2) is 84.0 Å². The van der Waals surface area contributed by atoms with Crippen molar-refractivity contribution in [1.82, 2.24) is 10.2 Å². The van der Waals surface area contributed by atoms with Crippen LogP contribution in [0.2, 0.25) is 0 Å². The molecule has 0 aliphatic carbocycles. The predicted octanol–water partition coefficient (Wildman–Crippen LogP) is 6.75. The van der Waals surface area contributed by atoms with E-state index in [0.717, 1.165) is 16.9 Å². The zero-order chi connectivity index (χ0) is 19.8. The van der Waals surface area contributed by atoms with Crippen LogP contribution < -0.4 is 0 Å². The molecule has 1 heterocycles. The lowest BCUT2D eigenvalue weighted by Crippen LogP contribution is -1.90. The number of nitrogens with zero attached hydrogens (tertiary/aromatic N) is 2. The average molecular weight is 375 g/mol. The molecule has 29 heavy (non-hydrogen) atoms. The third-order valence-corrected chi connectivity index (χ3v) is 5.44. The Labute approximate surface area is 169 Å². The molecule has 1 N–H and O–H groups in total. The Balaban J connectivity index is 1.64. The molecule has 1 aromatic heterocycles. The molecular weight excluding hydrogens is 354 g/mol. The summed E-state index contributed by atoms with van der Waals surface area (Å²) in [6.45, 7) is 4.24. The Hall–Kier alpha value is -3.72. The predicted molar refractivity (Wildman–Crippen MR) is 122 cm³/mol. The standard InChI is InChI=1S/C26H21N3/c1-17-13-21(14-18(2)26(17)25-11-12-28-29-25)27-16-24-22-9-5-3-7-19(22)15-20-8-4-6-10-23(20)24/h3-16H,1-2H3,(H,28,29). The number of aliphatic imine (C=N–C) groups is 1. The Bertz CT molecular complexity index is 1280. The Kier molecular flexibility index (Phi) is 4.21. The molecular formula is C26H21N3. The van der Waals surface area contributed by atoms with E-state index in [-0.39, 0.29) is 0 Å². The van der Waals surface area contributed by atoms with Gasteiger partial charge >= 0.3 is 0 Å². The minimum atomic E-state index is 0.959. The lowest BCUT2D eigenvalue weighted by atomic mass is 9.97. The van der Waals surface area contributed by atoms with Crippen LogP contribution in [-0.4, -0.2) is 16.4 Å². The Morgan fingerprint density at radius 3 is 2.00 bits per heavy atom. The summed E-state index contributed by atoms with van der Waals surface area (Å²) in [5.41, 5.74) is 6.72. The summed E-state index contributed by atoms with van der Waals surface area (Å²) in [4.78, 5) is 4.87. The number of nitrogens with one attached hydrogen (secondary N) is 1. The number of fused-ring (bicyclic) bond motifs is 2. The maximum atomic E-state index is 4.87. The molecule has 3 nitrogen and oxygen atoms in total. The van der Waals surface area contributed by atoms with Crippen LogP contribution in [0.25, 0.3) is 32.8 Å². The highest BCUT2D eigenvalue weighted by molar-refractivity contribution is 6.13. The fourth-order valence-corrected chi connectivity index (χ4v) is 4.16. The van der Waals surface area contributed by atoms with Gasteiger partial charge in [-0.2, -0.15) is 5.10 Å². The molecule has 0 atom stereocenters. The number of aryl methyl sites for hydroxylation is 2. The van der Waals surface area contributed by atoms with Crippen molar-refractivity contribution in [3.63, 3.8) is 0 Å². The van der Waals surface area contributed by atoms with Crippen LogP contribution >= 0.6 is 0 Å². The topological polar surface area (TPSA) is 41.0 Å². The van der Waals surface area contributed by atoms with Crippen LogP contribution in [-0.2, 0) is 0 Å². The fraction of sp³-hybridized carbons (Fsp3) is 0.0769. The summed E-state index contributed by atoms with van der Waals surface area (Å²) >= 11 is 0. The summed E-state index contributed by atoms with van der Waals surface area (Å²) in [6.07, 6.45) is 3.79. The summed E-state index contributed by atoms with van der Waals surface area (Å²) in [6, 6.07) is 25.5. The summed E-state index contributed by atoms with van der Waals surface area (Å²) < 4.78 is 0. The van der Waals surface area contributed by atoms with Crippen molar-refractivity contribution in [3.05, 3.63) is 95.7 Å². The van der Waals surface area contributed by atoms with Crippen molar-refractivity contribution in [2.75, 3.05) is 0 Å². The second-order valence-corrected chi connectivity index (χ2v) is 7.42. The highest BCUT2D eigenvalue weighted by atomic mass is 15.1. The molecule has 4 aromatic carbocycles. The number of hydrogen-bond donors (Lipinski definition) is 1. The van der Waals surface area contributed by atoms with Gasteiger partial charge in [-0.05, 0) is 70.8 Å². The van der Waals surface area contributed by atoms with Gasteiger partial charge in [-0.15, -0.1) is 0 Å². The molecule has 5 aromatic rings. The average Bonchev–Trinajstić information content (AvgIpc) is 3.25. The maximum absolute atomic E-state index is 4.87. The molecule has 0 unspecified atom stereocenters. The van der Waals surface area contributed by atoms with Crippen molar-refractivity contribution >= 4 is 33.4 Å². The third-order valence-electron chi connectivity index (χ3n) is 5.44. The van der Waals surface area contributed by atoms with Crippen LogP contribution in [0.4, 0.5) is 5.69 Å². The van der Waals surface area contributed by atoms with Gasteiger partial charge in [-0.25, -0.2) is 0 Å². The molecule has 0 bridgehead atoms. The lowest BCUT2D eigenvalue weighted by Gasteiger charge is -2.10. The number of aromatic nitrogens is 2. The highest BCUT2D eigenvalue weighted by Crippen LogP contribution is 2.31. The zero-order valence-electron chi connectivity index (χ0n) is 16.5. The van der Waals surface area contributed by atoms with Crippen molar-refractivity contribution in [2.24, 2.45) is 4.99 Å². The van der Waals surface area contributed by atoms with Crippen molar-refractivity contribution in [3.8, 4) is 11.3 Å². The van der Waals surface area contributed by atoms with Gasteiger partial charge in [0.2, 0.25) is 0 Å². The SMILES string of the molecule is Cc1cc(N=Cc2c3ccccc3cc3ccccc23)cc(C)c1-c1ccn[nH]1. The first-order valence-corrected chi connectivity index (χ1v) is 9.76. The van der Waals surface area contributed by atoms with Gasteiger partial charge in [0.1, 0.15) is 0 Å². The van der Waals surface area contributed by atoms with Crippen molar-refractivity contribution in [2.45, 2.75) is 13.8 Å². The van der Waals surface area contributed by atoms with E-state index in [4.69, 9.17) is 4.99 Å². The van der Waals surface area contributed by atoms with E-state index in [9.17, 15) is 0 Å². The molecule has 0 aliphatic heterocycles. The lowest BCUT2D eigenvalue weighted by molar-refractivity contribution is 1.09. The molecule has 0 saturated heterocycles. The van der Waals surface area contributed by atoms with Crippen LogP contribution in [0, 0.1) is 13.8 Å². The number of H-pyrrole nitrogens is 1. The number of aromatic amines is 1. The van der Waals surface area contributed by atoms with E-state index in [1.165, 1.54) is 38.2 Å². The summed E-state index contributed by atoms with van der Waals surface area (Å²) in [5, 5.41) is 12.0. The van der Waals surface area contributed by atoms with Crippen molar-refractivity contribution in [1.29, 1.82) is 0 Å². The van der Waals surface area contributed by atoms with E-state index >= 15 is 0 Å². The molecule has 5 rings (SSSR count). The Morgan fingerprint density at radius 2 is 1.41 bits per heavy atom. The summed E-state index contributed by atoms with van der Waals surface area (Å²) in [7, 11) is 0. The number of benzene rings is 4. The van der Waals surface area contributed by atoms with Crippen LogP contribution in [0.3, 0.4) is 0 Å². The monoisotopic (exact) mass is 375 g/mol. The second-order valence-electron chi connectivity index (χ2n) is 7.42. The van der Waals surface area contributed by atoms with E-state index in [1.807, 2.05) is 12.3 Å². The first-order chi connectivity index (χ1) is 14.2. The van der Waals surface area contributed by atoms with E-state index in [2.05, 4.69) is 90.8 Å². The molecule has 3 heteroatoms. The maximum Gasteiger partial charge on any atom is 0.0655 e. The number of hydrogen-bond acceptors (Lipinski definition) is 2. The molecule has 0 spiro atoms. The van der Waals surface area contributed by atoms with Crippen LogP contribution in [0.5, 0.6) is 0 Å². The highest BCUT2D eigenvalue weighted by Gasteiger charge is 2.09. The van der Waals surface area contributed by atoms with E-state index < -0.39 is 0 Å². The first kappa shape index (κ1) is 17.4. The zero-order valence-corrected chi connectivity index (χ0v) is 16.5. The number of rotatable bonds is 3. The van der Waals surface area contributed by atoms with Crippen LogP contribution in [0.1, 0.15) is 16.7 Å². The molecule has 0 amide bonds. The van der Waals surface area contributed by atoms with Gasteiger partial charge in [-0.1, -0.05) is 48.5 Å². The fourth-order valence-electron chi connectivity index (χ4n) is 4.16.